The lowest BCUT2D eigenvalue weighted by atomic mass is 10.1. The summed E-state index contributed by atoms with van der Waals surface area (Å²) in [5, 5.41) is 2.72. The van der Waals surface area contributed by atoms with Gasteiger partial charge in [-0.15, -0.1) is 13.2 Å². The average molecular weight is 444 g/mol. The maximum Gasteiger partial charge on any atom is 0.573 e. The Hall–Kier alpha value is -2.59. The number of nitrogens with zero attached hydrogens (tertiary/aromatic N) is 1. The fourth-order valence-electron chi connectivity index (χ4n) is 2.81. The number of carbonyl (C=O) groups is 1. The van der Waals surface area contributed by atoms with Gasteiger partial charge in [-0.1, -0.05) is 26.0 Å². The molecule has 2 aromatic rings. The van der Waals surface area contributed by atoms with Crippen LogP contribution in [0.1, 0.15) is 42.7 Å². The Labute approximate surface area is 173 Å². The molecule has 1 unspecified atom stereocenters. The minimum atomic E-state index is -4.80. The molecule has 0 aliphatic carbocycles. The summed E-state index contributed by atoms with van der Waals surface area (Å²) >= 11 is 0. The van der Waals surface area contributed by atoms with Crippen molar-refractivity contribution in [3.05, 3.63) is 59.7 Å². The van der Waals surface area contributed by atoms with E-state index in [-0.39, 0.29) is 10.5 Å². The summed E-state index contributed by atoms with van der Waals surface area (Å²) in [7, 11) is -3.57. The van der Waals surface area contributed by atoms with Gasteiger partial charge in [-0.25, -0.2) is 8.42 Å². The highest BCUT2D eigenvalue weighted by Gasteiger charge is 2.31. The lowest BCUT2D eigenvalue weighted by molar-refractivity contribution is -0.274. The number of amides is 1. The van der Waals surface area contributed by atoms with Gasteiger partial charge in [0, 0.05) is 18.7 Å². The van der Waals surface area contributed by atoms with Crippen LogP contribution < -0.4 is 10.1 Å². The zero-order valence-corrected chi connectivity index (χ0v) is 17.5. The second kappa shape index (κ2) is 9.48. The normalized spacial score (nSPS) is 13.2. The van der Waals surface area contributed by atoms with Crippen molar-refractivity contribution in [1.29, 1.82) is 0 Å². The highest BCUT2D eigenvalue weighted by atomic mass is 32.2. The lowest BCUT2D eigenvalue weighted by Crippen LogP contribution is -2.30. The molecule has 1 amide bonds. The molecule has 1 N–H and O–H groups in total. The van der Waals surface area contributed by atoms with Crippen molar-refractivity contribution in [3.63, 3.8) is 0 Å². The van der Waals surface area contributed by atoms with Crippen LogP contribution in [0.2, 0.25) is 0 Å². The van der Waals surface area contributed by atoms with Crippen molar-refractivity contribution in [2.24, 2.45) is 0 Å². The highest BCUT2D eigenvalue weighted by Crippen LogP contribution is 2.23. The Morgan fingerprint density at radius 2 is 1.57 bits per heavy atom. The molecule has 2 rings (SSSR count). The molecule has 10 heteroatoms. The topological polar surface area (TPSA) is 75.7 Å². The standard InChI is InChI=1S/C20H23F3N2O4S/c1-4-25(5-2)30(27,28)18-12-8-15(9-13-18)14(3)24-19(26)16-6-10-17(11-7-16)29-20(21,22)23/h6-14H,4-5H2,1-3H3,(H,24,26). The molecular formula is C20H23F3N2O4S. The number of carbonyl (C=O) groups excluding carboxylic acids is 1. The Balaban J connectivity index is 2.07. The summed E-state index contributed by atoms with van der Waals surface area (Å²) in [5.41, 5.74) is 0.843. The molecule has 6 nitrogen and oxygen atoms in total. The van der Waals surface area contributed by atoms with E-state index in [2.05, 4.69) is 10.1 Å². The van der Waals surface area contributed by atoms with Crippen molar-refractivity contribution in [2.75, 3.05) is 13.1 Å². The lowest BCUT2D eigenvalue weighted by Gasteiger charge is -2.19. The van der Waals surface area contributed by atoms with E-state index in [0.29, 0.717) is 18.7 Å². The third-order valence-corrected chi connectivity index (χ3v) is 6.49. The number of halogens is 3. The summed E-state index contributed by atoms with van der Waals surface area (Å²) in [6.45, 7) is 5.95. The maximum absolute atomic E-state index is 12.5. The third-order valence-electron chi connectivity index (χ3n) is 4.42. The molecule has 0 aliphatic heterocycles. The molecule has 164 valence electrons. The highest BCUT2D eigenvalue weighted by molar-refractivity contribution is 7.89. The Morgan fingerprint density at radius 3 is 2.03 bits per heavy atom. The van der Waals surface area contributed by atoms with Gasteiger partial charge in [0.2, 0.25) is 10.0 Å². The first-order valence-electron chi connectivity index (χ1n) is 9.24. The molecule has 0 aromatic heterocycles. The van der Waals surface area contributed by atoms with Crippen LogP contribution in [-0.2, 0) is 10.0 Å². The molecule has 0 saturated carbocycles. The summed E-state index contributed by atoms with van der Waals surface area (Å²) in [6.07, 6.45) is -4.80. The molecule has 0 fully saturated rings. The number of sulfonamides is 1. The van der Waals surface area contributed by atoms with Gasteiger partial charge >= 0.3 is 6.36 Å². The number of rotatable bonds is 8. The van der Waals surface area contributed by atoms with Crippen molar-refractivity contribution < 1.29 is 31.1 Å². The largest absolute Gasteiger partial charge is 0.573 e. The van der Waals surface area contributed by atoms with Crippen molar-refractivity contribution in [2.45, 2.75) is 38.1 Å². The van der Waals surface area contributed by atoms with Crippen molar-refractivity contribution >= 4 is 15.9 Å². The molecule has 0 aliphatic rings. The molecule has 30 heavy (non-hydrogen) atoms. The molecule has 0 bridgehead atoms. The van der Waals surface area contributed by atoms with Gasteiger partial charge in [0.1, 0.15) is 5.75 Å². The van der Waals surface area contributed by atoms with E-state index in [1.807, 2.05) is 0 Å². The van der Waals surface area contributed by atoms with Gasteiger partial charge in [0.05, 0.1) is 10.9 Å². The third kappa shape index (κ3) is 5.96. The van der Waals surface area contributed by atoms with Crippen LogP contribution in [0.15, 0.2) is 53.4 Å². The number of ether oxygens (including phenoxy) is 1. The quantitative estimate of drug-likeness (QED) is 0.665. The molecule has 1 atom stereocenters. The monoisotopic (exact) mass is 444 g/mol. The minimum absolute atomic E-state index is 0.161. The van der Waals surface area contributed by atoms with Gasteiger partial charge in [0.15, 0.2) is 0 Å². The number of hydrogen-bond acceptors (Lipinski definition) is 4. The Morgan fingerprint density at radius 1 is 1.03 bits per heavy atom. The Kier molecular flexibility index (Phi) is 7.49. The summed E-state index contributed by atoms with van der Waals surface area (Å²) < 4.78 is 66.8. The van der Waals surface area contributed by atoms with Crippen LogP contribution in [0.25, 0.3) is 0 Å². The fraction of sp³-hybridized carbons (Fsp3) is 0.350. The summed E-state index contributed by atoms with van der Waals surface area (Å²) in [5.74, 6) is -0.905. The van der Waals surface area contributed by atoms with E-state index in [1.54, 1.807) is 32.9 Å². The van der Waals surface area contributed by atoms with E-state index in [1.165, 1.54) is 28.6 Å². The molecule has 2 aromatic carbocycles. The number of alkyl halides is 3. The van der Waals surface area contributed by atoms with Crippen molar-refractivity contribution in [1.82, 2.24) is 9.62 Å². The fourth-order valence-corrected chi connectivity index (χ4v) is 4.27. The first-order valence-corrected chi connectivity index (χ1v) is 10.7. The van der Waals surface area contributed by atoms with E-state index >= 15 is 0 Å². The molecule has 0 spiro atoms. The van der Waals surface area contributed by atoms with E-state index in [0.717, 1.165) is 12.1 Å². The summed E-state index contributed by atoms with van der Waals surface area (Å²) in [4.78, 5) is 12.5. The van der Waals surface area contributed by atoms with Gasteiger partial charge in [-0.3, -0.25) is 4.79 Å². The summed E-state index contributed by atoms with van der Waals surface area (Å²) in [6, 6.07) is 10.3. The van der Waals surface area contributed by atoms with Crippen LogP contribution in [0.5, 0.6) is 5.75 Å². The van der Waals surface area contributed by atoms with Crippen LogP contribution >= 0.6 is 0 Å². The molecule has 0 heterocycles. The number of benzene rings is 2. The average Bonchev–Trinajstić information content (AvgIpc) is 2.68. The van der Waals surface area contributed by atoms with Crippen LogP contribution in [0.4, 0.5) is 13.2 Å². The minimum Gasteiger partial charge on any atom is -0.406 e. The smallest absolute Gasteiger partial charge is 0.406 e. The van der Waals surface area contributed by atoms with Crippen LogP contribution in [-0.4, -0.2) is 38.1 Å². The first kappa shape index (κ1) is 23.7. The van der Waals surface area contributed by atoms with E-state index in [9.17, 15) is 26.4 Å². The van der Waals surface area contributed by atoms with Gasteiger partial charge in [0.25, 0.3) is 5.91 Å². The second-order valence-corrected chi connectivity index (χ2v) is 8.36. The Bertz CT molecular complexity index is 955. The van der Waals surface area contributed by atoms with Crippen molar-refractivity contribution in [3.8, 4) is 5.75 Å². The predicted molar refractivity (Wildman–Crippen MR) is 106 cm³/mol. The van der Waals surface area contributed by atoms with Gasteiger partial charge in [-0.2, -0.15) is 4.31 Å². The van der Waals surface area contributed by atoms with Gasteiger partial charge in [-0.05, 0) is 48.9 Å². The zero-order valence-electron chi connectivity index (χ0n) is 16.7. The molecule has 0 saturated heterocycles. The molecular weight excluding hydrogens is 421 g/mol. The number of hydrogen-bond donors (Lipinski definition) is 1. The van der Waals surface area contributed by atoms with E-state index in [4.69, 9.17) is 0 Å². The molecule has 0 radical (unpaired) electrons. The first-order chi connectivity index (χ1) is 14.0. The van der Waals surface area contributed by atoms with E-state index < -0.39 is 34.1 Å². The number of nitrogens with one attached hydrogen (secondary N) is 1. The maximum atomic E-state index is 12.5. The second-order valence-electron chi connectivity index (χ2n) is 6.43. The predicted octanol–water partition coefficient (Wildman–Crippen LogP) is 4.11. The van der Waals surface area contributed by atoms with Crippen LogP contribution in [0, 0.1) is 0 Å². The SMILES string of the molecule is CCN(CC)S(=O)(=O)c1ccc(C(C)NC(=O)c2ccc(OC(F)(F)F)cc2)cc1. The van der Waals surface area contributed by atoms with Crippen LogP contribution in [0.3, 0.4) is 0 Å². The zero-order chi connectivity index (χ0) is 22.5. The van der Waals surface area contributed by atoms with Gasteiger partial charge < -0.3 is 10.1 Å².